The van der Waals surface area contributed by atoms with E-state index in [4.69, 9.17) is 28.9 Å². The highest BCUT2D eigenvalue weighted by Gasteiger charge is 2.17. The van der Waals surface area contributed by atoms with Crippen LogP contribution in [0.4, 0.5) is 22.7 Å². The number of nitrogens with two attached hydrogens (primary N) is 1. The fraction of sp³-hybridized carbons (Fsp3) is 0.133. The van der Waals surface area contributed by atoms with E-state index in [1.807, 2.05) is 6.07 Å². The Kier molecular flexibility index (Phi) is 3.66. The largest absolute Gasteiger partial charge is 0.397 e. The fourth-order valence-electron chi connectivity index (χ4n) is 2.31. The molecular formula is C15H13Cl2N3O. The Labute approximate surface area is 132 Å². The van der Waals surface area contributed by atoms with Crippen molar-refractivity contribution in [2.45, 2.75) is 12.8 Å². The molecule has 21 heavy (non-hydrogen) atoms. The number of rotatable bonds is 2. The molecule has 0 unspecified atom stereocenters. The molecule has 1 aliphatic heterocycles. The van der Waals surface area contributed by atoms with Gasteiger partial charge in [0.2, 0.25) is 5.91 Å². The SMILES string of the molecule is Nc1cc2c(cc1Nc1c(Cl)cccc1Cl)NC(=O)CC2. The second kappa shape index (κ2) is 5.47. The lowest BCUT2D eigenvalue weighted by molar-refractivity contribution is -0.116. The average Bonchev–Trinajstić information content (AvgIpc) is 2.44. The topological polar surface area (TPSA) is 67.2 Å². The van der Waals surface area contributed by atoms with E-state index in [1.165, 1.54) is 0 Å². The Bertz CT molecular complexity index is 711. The molecule has 0 radical (unpaired) electrons. The van der Waals surface area contributed by atoms with Gasteiger partial charge in [-0.05, 0) is 36.2 Å². The first-order valence-electron chi connectivity index (χ1n) is 6.48. The molecule has 3 rings (SSSR count). The van der Waals surface area contributed by atoms with Crippen molar-refractivity contribution >= 4 is 51.9 Å². The van der Waals surface area contributed by atoms with Crippen LogP contribution in [-0.2, 0) is 11.2 Å². The van der Waals surface area contributed by atoms with Crippen LogP contribution in [0.2, 0.25) is 10.0 Å². The summed E-state index contributed by atoms with van der Waals surface area (Å²) in [7, 11) is 0. The summed E-state index contributed by atoms with van der Waals surface area (Å²) < 4.78 is 0. The van der Waals surface area contributed by atoms with Gasteiger partial charge in [-0.3, -0.25) is 4.79 Å². The number of anilines is 4. The molecule has 6 heteroatoms. The van der Waals surface area contributed by atoms with Crippen molar-refractivity contribution in [2.24, 2.45) is 0 Å². The van der Waals surface area contributed by atoms with E-state index in [2.05, 4.69) is 10.6 Å². The van der Waals surface area contributed by atoms with Crippen LogP contribution in [0.5, 0.6) is 0 Å². The van der Waals surface area contributed by atoms with Crippen LogP contribution in [0, 0.1) is 0 Å². The summed E-state index contributed by atoms with van der Waals surface area (Å²) in [5.74, 6) is 0.00833. The van der Waals surface area contributed by atoms with Crippen molar-refractivity contribution in [1.82, 2.24) is 0 Å². The van der Waals surface area contributed by atoms with Gasteiger partial charge in [-0.2, -0.15) is 0 Å². The molecular weight excluding hydrogens is 309 g/mol. The lowest BCUT2D eigenvalue weighted by atomic mass is 10.0. The van der Waals surface area contributed by atoms with Gasteiger partial charge < -0.3 is 16.4 Å². The van der Waals surface area contributed by atoms with Gasteiger partial charge in [0.25, 0.3) is 0 Å². The summed E-state index contributed by atoms with van der Waals surface area (Å²) in [6, 6.07) is 8.92. The zero-order valence-electron chi connectivity index (χ0n) is 11.0. The summed E-state index contributed by atoms with van der Waals surface area (Å²) in [4.78, 5) is 11.5. The molecule has 0 bridgehead atoms. The molecule has 0 aliphatic carbocycles. The number of benzene rings is 2. The number of carbonyl (C=O) groups is 1. The number of hydrogen-bond donors (Lipinski definition) is 3. The van der Waals surface area contributed by atoms with E-state index in [0.717, 1.165) is 11.3 Å². The maximum Gasteiger partial charge on any atom is 0.224 e. The summed E-state index contributed by atoms with van der Waals surface area (Å²) >= 11 is 12.3. The second-order valence-electron chi connectivity index (χ2n) is 4.87. The van der Waals surface area contributed by atoms with Gasteiger partial charge in [0.05, 0.1) is 27.1 Å². The Morgan fingerprint density at radius 2 is 1.86 bits per heavy atom. The molecule has 0 saturated carbocycles. The zero-order valence-corrected chi connectivity index (χ0v) is 12.6. The second-order valence-corrected chi connectivity index (χ2v) is 5.68. The summed E-state index contributed by atoms with van der Waals surface area (Å²) in [6.45, 7) is 0. The summed E-state index contributed by atoms with van der Waals surface area (Å²) in [5, 5.41) is 6.98. The summed E-state index contributed by atoms with van der Waals surface area (Å²) in [6.07, 6.45) is 1.17. The van der Waals surface area contributed by atoms with Gasteiger partial charge in [0, 0.05) is 12.1 Å². The van der Waals surface area contributed by atoms with E-state index in [-0.39, 0.29) is 5.91 Å². The molecule has 2 aromatic rings. The third kappa shape index (κ3) is 2.77. The van der Waals surface area contributed by atoms with Crippen LogP contribution in [0.1, 0.15) is 12.0 Å². The predicted octanol–water partition coefficient (Wildman–Crippen LogP) is 4.20. The number of aryl methyl sites for hydroxylation is 1. The number of halogens is 2. The van der Waals surface area contributed by atoms with Crippen LogP contribution in [-0.4, -0.2) is 5.91 Å². The van der Waals surface area contributed by atoms with Gasteiger partial charge >= 0.3 is 0 Å². The first-order valence-corrected chi connectivity index (χ1v) is 7.23. The third-order valence-electron chi connectivity index (χ3n) is 3.39. The minimum atomic E-state index is 0.00833. The molecule has 1 heterocycles. The molecule has 4 N–H and O–H groups in total. The first-order chi connectivity index (χ1) is 10.0. The van der Waals surface area contributed by atoms with Crippen LogP contribution in [0.25, 0.3) is 0 Å². The molecule has 108 valence electrons. The molecule has 0 aromatic heterocycles. The van der Waals surface area contributed by atoms with E-state index >= 15 is 0 Å². The Hall–Kier alpha value is -1.91. The quantitative estimate of drug-likeness (QED) is 0.726. The van der Waals surface area contributed by atoms with Crippen molar-refractivity contribution in [3.05, 3.63) is 45.9 Å². The molecule has 0 fully saturated rings. The number of fused-ring (bicyclic) bond motifs is 1. The van der Waals surface area contributed by atoms with Crippen LogP contribution in [0.3, 0.4) is 0 Å². The standard InChI is InChI=1S/C15H13Cl2N3O/c16-9-2-1-3-10(17)15(9)20-13-7-12-8(6-11(13)18)4-5-14(21)19-12/h1-3,6-7,20H,4-5,18H2,(H,19,21). The van der Waals surface area contributed by atoms with Crippen molar-refractivity contribution in [2.75, 3.05) is 16.4 Å². The van der Waals surface area contributed by atoms with Crippen LogP contribution >= 0.6 is 23.2 Å². The van der Waals surface area contributed by atoms with Gasteiger partial charge in [-0.1, -0.05) is 29.3 Å². The zero-order chi connectivity index (χ0) is 15.0. The van der Waals surface area contributed by atoms with Gasteiger partial charge in [-0.25, -0.2) is 0 Å². The minimum absolute atomic E-state index is 0.00833. The van der Waals surface area contributed by atoms with Crippen LogP contribution in [0.15, 0.2) is 30.3 Å². The fourth-order valence-corrected chi connectivity index (χ4v) is 2.80. The number of nitrogens with one attached hydrogen (secondary N) is 2. The number of hydrogen-bond acceptors (Lipinski definition) is 3. The minimum Gasteiger partial charge on any atom is -0.397 e. The van der Waals surface area contributed by atoms with E-state index < -0.39 is 0 Å². The Morgan fingerprint density at radius 1 is 1.14 bits per heavy atom. The lowest BCUT2D eigenvalue weighted by Gasteiger charge is -2.20. The maximum absolute atomic E-state index is 11.5. The van der Waals surface area contributed by atoms with Crippen LogP contribution < -0.4 is 16.4 Å². The highest BCUT2D eigenvalue weighted by atomic mass is 35.5. The molecule has 1 amide bonds. The predicted molar refractivity (Wildman–Crippen MR) is 87.5 cm³/mol. The lowest BCUT2D eigenvalue weighted by Crippen LogP contribution is -2.19. The molecule has 2 aromatic carbocycles. The molecule has 4 nitrogen and oxygen atoms in total. The van der Waals surface area contributed by atoms with E-state index in [0.29, 0.717) is 39.9 Å². The van der Waals surface area contributed by atoms with Gasteiger partial charge in [0.15, 0.2) is 0 Å². The third-order valence-corrected chi connectivity index (χ3v) is 4.02. The Balaban J connectivity index is 1.99. The highest BCUT2D eigenvalue weighted by molar-refractivity contribution is 6.39. The molecule has 0 spiro atoms. The number of para-hydroxylation sites is 1. The average molecular weight is 322 g/mol. The first kappa shape index (κ1) is 14.0. The number of nitrogen functional groups attached to an aromatic ring is 1. The Morgan fingerprint density at radius 3 is 2.57 bits per heavy atom. The van der Waals surface area contributed by atoms with Crippen molar-refractivity contribution in [1.29, 1.82) is 0 Å². The molecule has 0 atom stereocenters. The van der Waals surface area contributed by atoms with Crippen molar-refractivity contribution < 1.29 is 4.79 Å². The van der Waals surface area contributed by atoms with Gasteiger partial charge in [-0.15, -0.1) is 0 Å². The highest BCUT2D eigenvalue weighted by Crippen LogP contribution is 2.37. The maximum atomic E-state index is 11.5. The normalized spacial score (nSPS) is 13.5. The monoisotopic (exact) mass is 321 g/mol. The number of carbonyl (C=O) groups excluding carboxylic acids is 1. The smallest absolute Gasteiger partial charge is 0.224 e. The van der Waals surface area contributed by atoms with Crippen molar-refractivity contribution in [3.63, 3.8) is 0 Å². The van der Waals surface area contributed by atoms with E-state index in [9.17, 15) is 4.79 Å². The van der Waals surface area contributed by atoms with Crippen molar-refractivity contribution in [3.8, 4) is 0 Å². The molecule has 0 saturated heterocycles. The summed E-state index contributed by atoms with van der Waals surface area (Å²) in [5.41, 5.74) is 9.70. The molecule has 1 aliphatic rings. The van der Waals surface area contributed by atoms with E-state index in [1.54, 1.807) is 24.3 Å². The van der Waals surface area contributed by atoms with Gasteiger partial charge in [0.1, 0.15) is 0 Å². The number of amides is 1.